The Kier molecular flexibility index (Phi) is 4.72. The number of aromatic amines is 2. The van der Waals surface area contributed by atoms with Crippen LogP contribution in [0, 0.1) is 0 Å². The summed E-state index contributed by atoms with van der Waals surface area (Å²) in [5.41, 5.74) is 0.429. The van der Waals surface area contributed by atoms with Crippen molar-refractivity contribution in [3.8, 4) is 0 Å². The summed E-state index contributed by atoms with van der Waals surface area (Å²) in [6, 6.07) is 4.42. The smallest absolute Gasteiger partial charge is 0.340 e. The normalized spacial score (nSPS) is 15.9. The van der Waals surface area contributed by atoms with Crippen LogP contribution in [0.15, 0.2) is 34.1 Å². The molecule has 0 bridgehead atoms. The number of nitrogens with one attached hydrogen (secondary N) is 3. The Morgan fingerprint density at radius 2 is 1.96 bits per heavy atom. The number of benzene rings is 1. The first kappa shape index (κ1) is 18.7. The van der Waals surface area contributed by atoms with E-state index in [9.17, 15) is 18.0 Å². The molecule has 1 fully saturated rings. The van der Waals surface area contributed by atoms with Crippen molar-refractivity contribution in [2.75, 3.05) is 7.11 Å². The molecule has 0 radical (unpaired) electrons. The predicted molar refractivity (Wildman–Crippen MR) is 105 cm³/mol. The van der Waals surface area contributed by atoms with Crippen LogP contribution < -0.4 is 10.3 Å². The molecule has 4 rings (SSSR count). The fourth-order valence-corrected chi connectivity index (χ4v) is 5.18. The number of esters is 1. The first-order valence-electron chi connectivity index (χ1n) is 9.18. The topological polar surface area (TPSA) is 121 Å². The third kappa shape index (κ3) is 3.20. The Balaban J connectivity index is 1.86. The number of H-pyrrole nitrogens is 2. The van der Waals surface area contributed by atoms with Crippen molar-refractivity contribution in [1.82, 2.24) is 14.7 Å². The molecule has 148 valence electrons. The Bertz CT molecular complexity index is 1220. The molecule has 3 N–H and O–H groups in total. The zero-order chi connectivity index (χ0) is 19.9. The predicted octanol–water partition coefficient (Wildman–Crippen LogP) is 2.41. The molecule has 3 aromatic rings. The van der Waals surface area contributed by atoms with E-state index < -0.39 is 21.6 Å². The standard InChI is InChI=1S/C19H21N3O5S/c1-27-19(24)14-10-20-17-16(14)13-9-12(7-8-15(13)21-18(17)23)28(25,26)22-11-5-3-2-4-6-11/h7-11,20,22H,2-6H2,1H3,(H,21,23). The molecule has 0 atom stereocenters. The summed E-state index contributed by atoms with van der Waals surface area (Å²) in [6.45, 7) is 0. The highest BCUT2D eigenvalue weighted by molar-refractivity contribution is 7.89. The molecule has 0 saturated heterocycles. The molecule has 0 amide bonds. The molecule has 2 aromatic heterocycles. The van der Waals surface area contributed by atoms with E-state index in [1.807, 2.05) is 0 Å². The van der Waals surface area contributed by atoms with Crippen LogP contribution in [-0.2, 0) is 14.8 Å². The second-order valence-corrected chi connectivity index (χ2v) is 8.78. The Labute approximate surface area is 161 Å². The summed E-state index contributed by atoms with van der Waals surface area (Å²) in [6.07, 6.45) is 6.20. The monoisotopic (exact) mass is 403 g/mol. The largest absolute Gasteiger partial charge is 0.465 e. The number of methoxy groups -OCH3 is 1. The van der Waals surface area contributed by atoms with Crippen molar-refractivity contribution in [1.29, 1.82) is 0 Å². The minimum atomic E-state index is -3.72. The number of sulfonamides is 1. The van der Waals surface area contributed by atoms with Crippen molar-refractivity contribution < 1.29 is 17.9 Å². The first-order chi connectivity index (χ1) is 13.4. The highest BCUT2D eigenvalue weighted by Crippen LogP contribution is 2.28. The minimum Gasteiger partial charge on any atom is -0.465 e. The van der Waals surface area contributed by atoms with Gasteiger partial charge < -0.3 is 14.7 Å². The molecule has 1 aliphatic rings. The van der Waals surface area contributed by atoms with Gasteiger partial charge in [-0.2, -0.15) is 0 Å². The highest BCUT2D eigenvalue weighted by Gasteiger charge is 2.23. The number of rotatable bonds is 4. The average molecular weight is 403 g/mol. The summed E-state index contributed by atoms with van der Waals surface area (Å²) in [5, 5.41) is 0.808. The van der Waals surface area contributed by atoms with Crippen LogP contribution in [0.2, 0.25) is 0 Å². The summed E-state index contributed by atoms with van der Waals surface area (Å²) in [7, 11) is -2.47. The number of hydrogen-bond donors (Lipinski definition) is 3. The van der Waals surface area contributed by atoms with Gasteiger partial charge in [0.1, 0.15) is 5.52 Å². The van der Waals surface area contributed by atoms with Gasteiger partial charge in [-0.15, -0.1) is 0 Å². The van der Waals surface area contributed by atoms with E-state index in [0.29, 0.717) is 16.3 Å². The molecule has 0 aliphatic heterocycles. The van der Waals surface area contributed by atoms with E-state index in [1.54, 1.807) is 6.07 Å². The highest BCUT2D eigenvalue weighted by atomic mass is 32.2. The zero-order valence-corrected chi connectivity index (χ0v) is 16.2. The summed E-state index contributed by atoms with van der Waals surface area (Å²) < 4.78 is 33.3. The quantitative estimate of drug-likeness (QED) is 0.578. The lowest BCUT2D eigenvalue weighted by Gasteiger charge is -2.22. The molecule has 2 heterocycles. The fraction of sp³-hybridized carbons (Fsp3) is 0.368. The maximum Gasteiger partial charge on any atom is 0.340 e. The van der Waals surface area contributed by atoms with Crippen LogP contribution in [0.4, 0.5) is 0 Å². The van der Waals surface area contributed by atoms with E-state index in [2.05, 4.69) is 14.7 Å². The van der Waals surface area contributed by atoms with Crippen molar-refractivity contribution >= 4 is 37.8 Å². The van der Waals surface area contributed by atoms with Crippen LogP contribution in [0.1, 0.15) is 42.5 Å². The summed E-state index contributed by atoms with van der Waals surface area (Å²) >= 11 is 0. The van der Waals surface area contributed by atoms with Gasteiger partial charge in [0.25, 0.3) is 5.56 Å². The van der Waals surface area contributed by atoms with Crippen LogP contribution in [0.5, 0.6) is 0 Å². The van der Waals surface area contributed by atoms with Gasteiger partial charge >= 0.3 is 5.97 Å². The second kappa shape index (κ2) is 7.06. The van der Waals surface area contributed by atoms with E-state index >= 15 is 0 Å². The van der Waals surface area contributed by atoms with Crippen molar-refractivity contribution in [3.05, 3.63) is 40.3 Å². The number of carbonyl (C=O) groups is 1. The SMILES string of the molecule is COC(=O)c1c[nH]c2c(=O)[nH]c3ccc(S(=O)(=O)NC4CCCCC4)cc3c12. The van der Waals surface area contributed by atoms with Crippen LogP contribution in [0.25, 0.3) is 21.8 Å². The Morgan fingerprint density at radius 1 is 1.21 bits per heavy atom. The van der Waals surface area contributed by atoms with E-state index in [0.717, 1.165) is 32.1 Å². The molecule has 28 heavy (non-hydrogen) atoms. The van der Waals surface area contributed by atoms with E-state index in [4.69, 9.17) is 4.74 Å². The average Bonchev–Trinajstić information content (AvgIpc) is 3.14. The summed E-state index contributed by atoms with van der Waals surface area (Å²) in [5.74, 6) is -0.605. The van der Waals surface area contributed by atoms with Crippen LogP contribution in [0.3, 0.4) is 0 Å². The molecule has 1 aliphatic carbocycles. The lowest BCUT2D eigenvalue weighted by atomic mass is 9.96. The number of hydrogen-bond acceptors (Lipinski definition) is 5. The van der Waals surface area contributed by atoms with Gasteiger partial charge in [0, 0.05) is 28.5 Å². The third-order valence-corrected chi connectivity index (χ3v) is 6.78. The van der Waals surface area contributed by atoms with Gasteiger partial charge in [0.2, 0.25) is 10.0 Å². The van der Waals surface area contributed by atoms with Gasteiger partial charge in [-0.1, -0.05) is 19.3 Å². The molecule has 0 spiro atoms. The molecule has 1 saturated carbocycles. The molecular formula is C19H21N3O5S. The molecular weight excluding hydrogens is 382 g/mol. The number of carbonyl (C=O) groups excluding carboxylic acids is 1. The first-order valence-corrected chi connectivity index (χ1v) is 10.7. The van der Waals surface area contributed by atoms with Gasteiger partial charge in [-0.05, 0) is 31.0 Å². The fourth-order valence-electron chi connectivity index (χ4n) is 3.85. The van der Waals surface area contributed by atoms with Crippen molar-refractivity contribution in [2.24, 2.45) is 0 Å². The van der Waals surface area contributed by atoms with Crippen LogP contribution >= 0.6 is 0 Å². The summed E-state index contributed by atoms with van der Waals surface area (Å²) in [4.78, 5) is 30.0. The maximum atomic E-state index is 12.9. The second-order valence-electron chi connectivity index (χ2n) is 7.06. The van der Waals surface area contributed by atoms with Crippen molar-refractivity contribution in [2.45, 2.75) is 43.0 Å². The number of fused-ring (bicyclic) bond motifs is 3. The van der Waals surface area contributed by atoms with Gasteiger partial charge in [0.05, 0.1) is 17.6 Å². The zero-order valence-electron chi connectivity index (χ0n) is 15.4. The van der Waals surface area contributed by atoms with Gasteiger partial charge in [-0.25, -0.2) is 17.9 Å². The Morgan fingerprint density at radius 3 is 2.68 bits per heavy atom. The molecule has 1 aromatic carbocycles. The maximum absolute atomic E-state index is 12.9. The minimum absolute atomic E-state index is 0.0667. The lowest BCUT2D eigenvalue weighted by molar-refractivity contribution is 0.0603. The lowest BCUT2D eigenvalue weighted by Crippen LogP contribution is -2.36. The van der Waals surface area contributed by atoms with Gasteiger partial charge in [-0.3, -0.25) is 4.79 Å². The van der Waals surface area contributed by atoms with E-state index in [-0.39, 0.29) is 22.0 Å². The molecule has 8 nitrogen and oxygen atoms in total. The molecule has 0 unspecified atom stereocenters. The Hall–Kier alpha value is -2.65. The van der Waals surface area contributed by atoms with E-state index in [1.165, 1.54) is 25.4 Å². The van der Waals surface area contributed by atoms with Crippen LogP contribution in [-0.4, -0.2) is 37.5 Å². The van der Waals surface area contributed by atoms with Gasteiger partial charge in [0.15, 0.2) is 0 Å². The number of pyridine rings is 1. The molecule has 9 heteroatoms. The number of ether oxygens (including phenoxy) is 1. The third-order valence-electron chi connectivity index (χ3n) is 5.26. The number of aromatic nitrogens is 2. The van der Waals surface area contributed by atoms with Crippen molar-refractivity contribution in [3.63, 3.8) is 0 Å².